The van der Waals surface area contributed by atoms with Crippen LogP contribution in [0, 0.1) is 5.82 Å². The monoisotopic (exact) mass is 413 g/mol. The van der Waals surface area contributed by atoms with Gasteiger partial charge in [0.2, 0.25) is 12.9 Å². The van der Waals surface area contributed by atoms with Crippen LogP contribution in [0.4, 0.5) is 4.39 Å². The van der Waals surface area contributed by atoms with E-state index in [1.54, 1.807) is 41.8 Å². The molecule has 3 aromatic rings. The highest BCUT2D eigenvalue weighted by atomic mass is 32.1. The number of ether oxygens (including phenoxy) is 3. The van der Waals surface area contributed by atoms with Gasteiger partial charge in [-0.1, -0.05) is 30.3 Å². The number of hydrogen-bond acceptors (Lipinski definition) is 6. The van der Waals surface area contributed by atoms with Gasteiger partial charge in [0, 0.05) is 12.1 Å². The molecule has 2 aromatic carbocycles. The van der Waals surface area contributed by atoms with Gasteiger partial charge in [-0.3, -0.25) is 4.79 Å². The number of hydrogen-bond donors (Lipinski definition) is 1. The van der Waals surface area contributed by atoms with Gasteiger partial charge in [0.05, 0.1) is 0 Å². The largest absolute Gasteiger partial charge is 0.454 e. The van der Waals surface area contributed by atoms with Gasteiger partial charge >= 0.3 is 5.97 Å². The molecule has 29 heavy (non-hydrogen) atoms. The van der Waals surface area contributed by atoms with Gasteiger partial charge in [-0.05, 0) is 35.2 Å². The second kappa shape index (κ2) is 8.32. The van der Waals surface area contributed by atoms with Crippen LogP contribution in [0.1, 0.15) is 26.9 Å². The Balaban J connectivity index is 1.51. The molecule has 2 heterocycles. The van der Waals surface area contributed by atoms with Crippen molar-refractivity contribution in [3.63, 3.8) is 0 Å². The van der Waals surface area contributed by atoms with Gasteiger partial charge in [0.25, 0.3) is 5.91 Å². The Hall–Kier alpha value is -3.39. The van der Waals surface area contributed by atoms with Crippen molar-refractivity contribution in [2.45, 2.75) is 12.6 Å². The summed E-state index contributed by atoms with van der Waals surface area (Å²) < 4.78 is 30.2. The highest BCUT2D eigenvalue weighted by Gasteiger charge is 2.28. The number of rotatable bonds is 6. The molecule has 0 radical (unpaired) electrons. The Morgan fingerprint density at radius 3 is 2.72 bits per heavy atom. The van der Waals surface area contributed by atoms with E-state index >= 15 is 0 Å². The minimum atomic E-state index is -1.42. The molecule has 6 nitrogen and oxygen atoms in total. The molecule has 0 fully saturated rings. The number of esters is 1. The maximum atomic E-state index is 14.3. The summed E-state index contributed by atoms with van der Waals surface area (Å²) in [6.07, 6.45) is -1.42. The van der Waals surface area contributed by atoms with Crippen molar-refractivity contribution < 1.29 is 28.2 Å². The van der Waals surface area contributed by atoms with Crippen LogP contribution in [0.25, 0.3) is 0 Å². The second-order valence-corrected chi connectivity index (χ2v) is 7.14. The number of nitrogens with one attached hydrogen (secondary N) is 1. The predicted molar refractivity (Wildman–Crippen MR) is 103 cm³/mol. The van der Waals surface area contributed by atoms with E-state index in [0.29, 0.717) is 16.4 Å². The van der Waals surface area contributed by atoms with Gasteiger partial charge < -0.3 is 19.5 Å². The zero-order valence-corrected chi connectivity index (χ0v) is 15.9. The van der Waals surface area contributed by atoms with Gasteiger partial charge in [-0.2, -0.15) is 0 Å². The molecule has 0 saturated heterocycles. The van der Waals surface area contributed by atoms with Crippen LogP contribution in [-0.4, -0.2) is 18.7 Å². The molecule has 148 valence electrons. The van der Waals surface area contributed by atoms with Crippen LogP contribution in [0.3, 0.4) is 0 Å². The first-order chi connectivity index (χ1) is 14.1. The Morgan fingerprint density at radius 1 is 1.10 bits per heavy atom. The third-order valence-electron chi connectivity index (χ3n) is 4.28. The fourth-order valence-corrected chi connectivity index (χ4v) is 3.44. The molecule has 0 unspecified atom stereocenters. The van der Waals surface area contributed by atoms with Gasteiger partial charge in [-0.25, -0.2) is 9.18 Å². The Labute approximate surface area is 169 Å². The number of halogens is 1. The summed E-state index contributed by atoms with van der Waals surface area (Å²) in [6.45, 7) is 0.302. The average Bonchev–Trinajstić information content (AvgIpc) is 3.42. The first kappa shape index (κ1) is 18.9. The molecule has 1 N–H and O–H groups in total. The molecule has 1 aromatic heterocycles. The first-order valence-electron chi connectivity index (χ1n) is 8.77. The molecule has 0 aliphatic carbocycles. The lowest BCUT2D eigenvalue weighted by atomic mass is 10.1. The molecular weight excluding hydrogens is 397 g/mol. The molecular formula is C21H16FNO5S. The second-order valence-electron chi connectivity index (χ2n) is 6.19. The lowest BCUT2D eigenvalue weighted by molar-refractivity contribution is -0.130. The van der Waals surface area contributed by atoms with Crippen LogP contribution in [0.2, 0.25) is 0 Å². The zero-order valence-electron chi connectivity index (χ0n) is 15.1. The summed E-state index contributed by atoms with van der Waals surface area (Å²) >= 11 is 1.18. The summed E-state index contributed by atoms with van der Waals surface area (Å²) in [5.74, 6) is -0.723. The topological polar surface area (TPSA) is 73.9 Å². The van der Waals surface area contributed by atoms with E-state index in [0.717, 1.165) is 5.56 Å². The Morgan fingerprint density at radius 2 is 1.93 bits per heavy atom. The molecule has 0 bridgehead atoms. The minimum Gasteiger partial charge on any atom is -0.454 e. The zero-order chi connectivity index (χ0) is 20.2. The van der Waals surface area contributed by atoms with Crippen molar-refractivity contribution in [1.82, 2.24) is 5.32 Å². The van der Waals surface area contributed by atoms with E-state index in [4.69, 9.17) is 14.2 Å². The van der Waals surface area contributed by atoms with E-state index in [2.05, 4.69) is 5.32 Å². The summed E-state index contributed by atoms with van der Waals surface area (Å²) in [7, 11) is 0. The number of amides is 1. The van der Waals surface area contributed by atoms with Crippen molar-refractivity contribution in [1.29, 1.82) is 0 Å². The number of benzene rings is 2. The van der Waals surface area contributed by atoms with Gasteiger partial charge in [0.1, 0.15) is 10.7 Å². The van der Waals surface area contributed by atoms with Crippen LogP contribution < -0.4 is 14.8 Å². The highest BCUT2D eigenvalue weighted by molar-refractivity contribution is 7.11. The number of thiophene rings is 1. The molecule has 1 amide bonds. The number of carbonyl (C=O) groups is 2. The molecule has 1 aliphatic rings. The van der Waals surface area contributed by atoms with Crippen LogP contribution in [-0.2, 0) is 16.1 Å². The number of carbonyl (C=O) groups excluding carboxylic acids is 2. The van der Waals surface area contributed by atoms with E-state index < -0.39 is 23.8 Å². The van der Waals surface area contributed by atoms with E-state index in [1.807, 2.05) is 0 Å². The van der Waals surface area contributed by atoms with Crippen molar-refractivity contribution in [3.05, 3.63) is 81.8 Å². The lowest BCUT2D eigenvalue weighted by Crippen LogP contribution is -2.32. The van der Waals surface area contributed by atoms with Crippen molar-refractivity contribution in [3.8, 4) is 11.5 Å². The lowest BCUT2D eigenvalue weighted by Gasteiger charge is -2.18. The molecule has 1 atom stereocenters. The average molecular weight is 413 g/mol. The summed E-state index contributed by atoms with van der Waals surface area (Å²) in [5.41, 5.74) is 0.750. The van der Waals surface area contributed by atoms with E-state index in [9.17, 15) is 14.0 Å². The molecule has 8 heteroatoms. The Bertz CT molecular complexity index is 1040. The van der Waals surface area contributed by atoms with Crippen LogP contribution in [0.15, 0.2) is 60.0 Å². The van der Waals surface area contributed by atoms with Crippen molar-refractivity contribution in [2.75, 3.05) is 6.79 Å². The van der Waals surface area contributed by atoms with Crippen molar-refractivity contribution >= 4 is 23.2 Å². The third kappa shape index (κ3) is 4.22. The summed E-state index contributed by atoms with van der Waals surface area (Å²) in [6, 6.07) is 14.3. The summed E-state index contributed by atoms with van der Waals surface area (Å²) in [4.78, 5) is 25.5. The smallest absolute Gasteiger partial charge is 0.349 e. The molecule has 4 rings (SSSR count). The maximum absolute atomic E-state index is 14.3. The number of fused-ring (bicyclic) bond motifs is 1. The van der Waals surface area contributed by atoms with Gasteiger partial charge in [0.15, 0.2) is 11.5 Å². The molecule has 0 spiro atoms. The minimum absolute atomic E-state index is 0.0133. The van der Waals surface area contributed by atoms with Crippen LogP contribution in [0.5, 0.6) is 11.5 Å². The SMILES string of the molecule is O=C(O[C@H](C(=O)NCc1ccc2c(c1)OCO2)c1ccccc1F)c1cccs1. The fraction of sp³-hybridized carbons (Fsp3) is 0.143. The standard InChI is InChI=1S/C21H16FNO5S/c22-15-5-2-1-4-14(15)19(28-21(25)18-6-3-9-29-18)20(24)23-11-13-7-8-16-17(10-13)27-12-26-16/h1-10,19H,11-12H2,(H,23,24)/t19-/m0/s1. The molecule has 0 saturated carbocycles. The third-order valence-corrected chi connectivity index (χ3v) is 5.13. The fourth-order valence-electron chi connectivity index (χ4n) is 2.84. The predicted octanol–water partition coefficient (Wildman–Crippen LogP) is 3.83. The van der Waals surface area contributed by atoms with E-state index in [-0.39, 0.29) is 18.9 Å². The Kier molecular flexibility index (Phi) is 5.44. The normalized spacial score (nSPS) is 13.0. The van der Waals surface area contributed by atoms with Crippen LogP contribution >= 0.6 is 11.3 Å². The summed E-state index contributed by atoms with van der Waals surface area (Å²) in [5, 5.41) is 4.41. The highest BCUT2D eigenvalue weighted by Crippen LogP contribution is 2.32. The van der Waals surface area contributed by atoms with Gasteiger partial charge in [-0.15, -0.1) is 11.3 Å². The first-order valence-corrected chi connectivity index (χ1v) is 9.65. The van der Waals surface area contributed by atoms with E-state index in [1.165, 1.54) is 29.5 Å². The molecule has 1 aliphatic heterocycles. The van der Waals surface area contributed by atoms with Crippen molar-refractivity contribution in [2.24, 2.45) is 0 Å². The maximum Gasteiger partial charge on any atom is 0.349 e. The quantitative estimate of drug-likeness (QED) is 0.622.